The SMILES string of the molecule is C=CCC(C)(C)C(=C)C. The van der Waals surface area contributed by atoms with E-state index in [0.29, 0.717) is 0 Å². The third kappa shape index (κ3) is 2.50. The molecule has 0 aromatic heterocycles. The highest BCUT2D eigenvalue weighted by atomic mass is 14.2. The van der Waals surface area contributed by atoms with E-state index >= 15 is 0 Å². The summed E-state index contributed by atoms with van der Waals surface area (Å²) in [5.41, 5.74) is 1.46. The molecule has 0 radical (unpaired) electrons. The smallest absolute Gasteiger partial charge is 0.0116 e. The van der Waals surface area contributed by atoms with Gasteiger partial charge < -0.3 is 0 Å². The average Bonchev–Trinajstić information content (AvgIpc) is 1.65. The molecule has 0 amide bonds. The van der Waals surface area contributed by atoms with Gasteiger partial charge in [-0.15, -0.1) is 6.58 Å². The molecule has 0 N–H and O–H groups in total. The molecule has 0 fully saturated rings. The van der Waals surface area contributed by atoms with Crippen molar-refractivity contribution in [1.29, 1.82) is 0 Å². The Morgan fingerprint density at radius 3 is 2.11 bits per heavy atom. The molecule has 0 saturated heterocycles. The van der Waals surface area contributed by atoms with Gasteiger partial charge in [0.25, 0.3) is 0 Å². The Balaban J connectivity index is 4.00. The van der Waals surface area contributed by atoms with Gasteiger partial charge in [-0.2, -0.15) is 0 Å². The van der Waals surface area contributed by atoms with Gasteiger partial charge in [-0.1, -0.05) is 32.1 Å². The summed E-state index contributed by atoms with van der Waals surface area (Å²) in [6, 6.07) is 0. The molecule has 0 nitrogen and oxygen atoms in total. The van der Waals surface area contributed by atoms with E-state index in [2.05, 4.69) is 33.9 Å². The normalized spacial score (nSPS) is 11.0. The summed E-state index contributed by atoms with van der Waals surface area (Å²) in [4.78, 5) is 0. The van der Waals surface area contributed by atoms with Crippen LogP contribution in [0.5, 0.6) is 0 Å². The zero-order valence-corrected chi connectivity index (χ0v) is 6.70. The molecule has 0 aliphatic rings. The van der Waals surface area contributed by atoms with Crippen LogP contribution in [0, 0.1) is 5.41 Å². The maximum atomic E-state index is 3.90. The van der Waals surface area contributed by atoms with Crippen molar-refractivity contribution < 1.29 is 0 Å². The van der Waals surface area contributed by atoms with Gasteiger partial charge in [-0.3, -0.25) is 0 Å². The van der Waals surface area contributed by atoms with Crippen LogP contribution >= 0.6 is 0 Å². The van der Waals surface area contributed by atoms with Crippen molar-refractivity contribution in [3.63, 3.8) is 0 Å². The molecule has 52 valence electrons. The first-order valence-electron chi connectivity index (χ1n) is 3.27. The van der Waals surface area contributed by atoms with Crippen molar-refractivity contribution in [2.24, 2.45) is 5.41 Å². The Hall–Kier alpha value is -0.520. The molecule has 0 spiro atoms. The molecular formula is C9H16. The molecule has 0 aliphatic carbocycles. The molecule has 0 aromatic carbocycles. The van der Waals surface area contributed by atoms with E-state index in [1.54, 1.807) is 0 Å². The fourth-order valence-electron chi connectivity index (χ4n) is 0.535. The maximum Gasteiger partial charge on any atom is -0.0116 e. The highest BCUT2D eigenvalue weighted by Gasteiger charge is 2.15. The molecule has 0 heteroatoms. The number of allylic oxidation sites excluding steroid dienone is 2. The summed E-state index contributed by atoms with van der Waals surface area (Å²) >= 11 is 0. The van der Waals surface area contributed by atoms with Crippen LogP contribution in [0.15, 0.2) is 24.8 Å². The monoisotopic (exact) mass is 124 g/mol. The van der Waals surface area contributed by atoms with Gasteiger partial charge in [0.1, 0.15) is 0 Å². The van der Waals surface area contributed by atoms with E-state index in [0.717, 1.165) is 6.42 Å². The van der Waals surface area contributed by atoms with Crippen LogP contribution in [0.1, 0.15) is 27.2 Å². The lowest BCUT2D eigenvalue weighted by atomic mass is 9.83. The molecule has 0 aromatic rings. The summed E-state index contributed by atoms with van der Waals surface area (Å²) in [5, 5.41) is 0. The molecule has 0 heterocycles. The van der Waals surface area contributed by atoms with Gasteiger partial charge in [0, 0.05) is 0 Å². The molecule has 9 heavy (non-hydrogen) atoms. The van der Waals surface area contributed by atoms with E-state index in [1.165, 1.54) is 5.57 Å². The van der Waals surface area contributed by atoms with Crippen LogP contribution in [0.3, 0.4) is 0 Å². The minimum absolute atomic E-state index is 0.238. The summed E-state index contributed by atoms with van der Waals surface area (Å²) in [6.07, 6.45) is 2.96. The number of hydrogen-bond donors (Lipinski definition) is 0. The number of hydrogen-bond acceptors (Lipinski definition) is 0. The van der Waals surface area contributed by atoms with Crippen LogP contribution < -0.4 is 0 Å². The first-order valence-corrected chi connectivity index (χ1v) is 3.27. The van der Waals surface area contributed by atoms with Crippen LogP contribution in [0.25, 0.3) is 0 Å². The molecule has 0 unspecified atom stereocenters. The summed E-state index contributed by atoms with van der Waals surface area (Å²) in [7, 11) is 0. The van der Waals surface area contributed by atoms with E-state index in [9.17, 15) is 0 Å². The van der Waals surface area contributed by atoms with Crippen molar-refractivity contribution in [3.05, 3.63) is 24.8 Å². The quantitative estimate of drug-likeness (QED) is 0.507. The Kier molecular flexibility index (Phi) is 2.69. The lowest BCUT2D eigenvalue weighted by Crippen LogP contribution is -2.10. The minimum atomic E-state index is 0.238. The summed E-state index contributed by atoms with van der Waals surface area (Å²) in [5.74, 6) is 0. The molecule has 0 bridgehead atoms. The largest absolute Gasteiger partial charge is 0.103 e. The Morgan fingerprint density at radius 2 is 2.00 bits per heavy atom. The fourth-order valence-corrected chi connectivity index (χ4v) is 0.535. The predicted octanol–water partition coefficient (Wildman–Crippen LogP) is 3.16. The highest BCUT2D eigenvalue weighted by Crippen LogP contribution is 2.28. The van der Waals surface area contributed by atoms with Crippen LogP contribution in [0.4, 0.5) is 0 Å². The number of rotatable bonds is 3. The Morgan fingerprint density at radius 1 is 1.56 bits per heavy atom. The molecular weight excluding hydrogens is 108 g/mol. The van der Waals surface area contributed by atoms with Gasteiger partial charge in [-0.05, 0) is 18.8 Å². The predicted molar refractivity (Wildman–Crippen MR) is 43.4 cm³/mol. The second kappa shape index (κ2) is 2.86. The van der Waals surface area contributed by atoms with Gasteiger partial charge in [0.15, 0.2) is 0 Å². The van der Waals surface area contributed by atoms with Crippen molar-refractivity contribution >= 4 is 0 Å². The Labute approximate surface area is 58.3 Å². The molecule has 0 atom stereocenters. The van der Waals surface area contributed by atoms with E-state index < -0.39 is 0 Å². The zero-order chi connectivity index (χ0) is 7.49. The summed E-state index contributed by atoms with van der Waals surface area (Å²) in [6.45, 7) is 14.0. The second-order valence-corrected chi connectivity index (χ2v) is 3.16. The first-order chi connectivity index (χ1) is 4.00. The first kappa shape index (κ1) is 8.48. The van der Waals surface area contributed by atoms with E-state index in [-0.39, 0.29) is 5.41 Å². The van der Waals surface area contributed by atoms with Crippen LogP contribution in [0.2, 0.25) is 0 Å². The molecule has 0 saturated carbocycles. The van der Waals surface area contributed by atoms with Crippen LogP contribution in [-0.4, -0.2) is 0 Å². The van der Waals surface area contributed by atoms with Crippen molar-refractivity contribution in [2.75, 3.05) is 0 Å². The maximum absolute atomic E-state index is 3.90. The lowest BCUT2D eigenvalue weighted by Gasteiger charge is -2.22. The third-order valence-corrected chi connectivity index (χ3v) is 1.81. The zero-order valence-electron chi connectivity index (χ0n) is 6.70. The van der Waals surface area contributed by atoms with Gasteiger partial charge in [-0.25, -0.2) is 0 Å². The standard InChI is InChI=1S/C9H16/c1-6-7-9(4,5)8(2)3/h6H,1-2,7H2,3-5H3. The van der Waals surface area contributed by atoms with Crippen molar-refractivity contribution in [2.45, 2.75) is 27.2 Å². The summed E-state index contributed by atoms with van der Waals surface area (Å²) < 4.78 is 0. The van der Waals surface area contributed by atoms with Crippen LogP contribution in [-0.2, 0) is 0 Å². The minimum Gasteiger partial charge on any atom is -0.103 e. The average molecular weight is 124 g/mol. The third-order valence-electron chi connectivity index (χ3n) is 1.81. The molecule has 0 rings (SSSR count). The van der Waals surface area contributed by atoms with E-state index in [1.807, 2.05) is 6.08 Å². The second-order valence-electron chi connectivity index (χ2n) is 3.16. The highest BCUT2D eigenvalue weighted by molar-refractivity contribution is 5.05. The van der Waals surface area contributed by atoms with E-state index in [4.69, 9.17) is 0 Å². The van der Waals surface area contributed by atoms with Crippen molar-refractivity contribution in [3.8, 4) is 0 Å². The van der Waals surface area contributed by atoms with Gasteiger partial charge in [0.2, 0.25) is 0 Å². The Bertz CT molecular complexity index is 118. The van der Waals surface area contributed by atoms with Gasteiger partial charge >= 0.3 is 0 Å². The lowest BCUT2D eigenvalue weighted by molar-refractivity contribution is 0.456. The van der Waals surface area contributed by atoms with Gasteiger partial charge in [0.05, 0.1) is 0 Å². The van der Waals surface area contributed by atoms with Crippen molar-refractivity contribution in [1.82, 2.24) is 0 Å². The fraction of sp³-hybridized carbons (Fsp3) is 0.556. The topological polar surface area (TPSA) is 0 Å². The molecule has 0 aliphatic heterocycles.